The number of amides is 1. The van der Waals surface area contributed by atoms with Crippen molar-refractivity contribution in [2.45, 2.75) is 20.0 Å². The zero-order chi connectivity index (χ0) is 16.1. The third kappa shape index (κ3) is 3.79. The lowest BCUT2D eigenvalue weighted by Gasteiger charge is -2.10. The van der Waals surface area contributed by atoms with Crippen molar-refractivity contribution in [1.29, 1.82) is 0 Å². The molecule has 1 amide bonds. The van der Waals surface area contributed by atoms with Crippen LogP contribution in [0.2, 0.25) is 0 Å². The van der Waals surface area contributed by atoms with Crippen LogP contribution in [0.25, 0.3) is 0 Å². The highest BCUT2D eigenvalue weighted by atomic mass is 16.1. The van der Waals surface area contributed by atoms with Crippen LogP contribution in [0.1, 0.15) is 27.3 Å². The van der Waals surface area contributed by atoms with E-state index in [1.165, 1.54) is 6.33 Å². The molecule has 6 heteroatoms. The molecule has 2 aromatic heterocycles. The zero-order valence-electron chi connectivity index (χ0n) is 12.8. The first-order chi connectivity index (χ1) is 11.2. The molecule has 0 radical (unpaired) electrons. The minimum absolute atomic E-state index is 0.177. The normalized spacial score (nSPS) is 10.5. The van der Waals surface area contributed by atoms with Crippen LogP contribution in [0.3, 0.4) is 0 Å². The second kappa shape index (κ2) is 6.83. The third-order valence-electron chi connectivity index (χ3n) is 3.48. The minimum atomic E-state index is -0.177. The number of hydrogen-bond donors (Lipinski definition) is 1. The summed E-state index contributed by atoms with van der Waals surface area (Å²) in [5.41, 5.74) is 3.39. The summed E-state index contributed by atoms with van der Waals surface area (Å²) in [6, 6.07) is 13.4. The van der Waals surface area contributed by atoms with Gasteiger partial charge in [-0.05, 0) is 30.2 Å². The van der Waals surface area contributed by atoms with Crippen LogP contribution in [0.5, 0.6) is 0 Å². The molecule has 3 rings (SSSR count). The van der Waals surface area contributed by atoms with Crippen molar-refractivity contribution < 1.29 is 4.79 Å². The second-order valence-corrected chi connectivity index (χ2v) is 5.21. The molecular formula is C17H17N5O. The maximum Gasteiger partial charge on any atom is 0.270 e. The van der Waals surface area contributed by atoms with Crippen LogP contribution < -0.4 is 5.32 Å². The van der Waals surface area contributed by atoms with Crippen LogP contribution in [-0.4, -0.2) is 25.7 Å². The fourth-order valence-electron chi connectivity index (χ4n) is 2.31. The zero-order valence-corrected chi connectivity index (χ0v) is 12.8. The number of hydrogen-bond acceptors (Lipinski definition) is 4. The number of aryl methyl sites for hydroxylation is 1. The maximum absolute atomic E-state index is 12.2. The van der Waals surface area contributed by atoms with Gasteiger partial charge in [0, 0.05) is 12.2 Å². The Morgan fingerprint density at radius 2 is 1.96 bits per heavy atom. The Morgan fingerprint density at radius 1 is 1.13 bits per heavy atom. The average molecular weight is 307 g/mol. The summed E-state index contributed by atoms with van der Waals surface area (Å²) in [5.74, 6) is -0.177. The predicted molar refractivity (Wildman–Crippen MR) is 85.7 cm³/mol. The van der Waals surface area contributed by atoms with Gasteiger partial charge < -0.3 is 5.32 Å². The lowest BCUT2D eigenvalue weighted by molar-refractivity contribution is 0.0945. The molecule has 2 heterocycles. The van der Waals surface area contributed by atoms with Crippen molar-refractivity contribution in [1.82, 2.24) is 25.1 Å². The van der Waals surface area contributed by atoms with E-state index >= 15 is 0 Å². The van der Waals surface area contributed by atoms with Crippen LogP contribution in [0.15, 0.2) is 55.1 Å². The van der Waals surface area contributed by atoms with Gasteiger partial charge in [-0.25, -0.2) is 14.6 Å². The Labute approximate surface area is 134 Å². The lowest BCUT2D eigenvalue weighted by Crippen LogP contribution is -2.24. The summed E-state index contributed by atoms with van der Waals surface area (Å²) < 4.78 is 1.75. The number of benzene rings is 1. The van der Waals surface area contributed by atoms with Crippen LogP contribution in [-0.2, 0) is 13.1 Å². The highest BCUT2D eigenvalue weighted by Gasteiger charge is 2.09. The summed E-state index contributed by atoms with van der Waals surface area (Å²) in [5, 5.41) is 7.03. The molecule has 0 aliphatic carbocycles. The number of aromatic nitrogens is 4. The molecule has 116 valence electrons. The molecule has 3 aromatic rings. The van der Waals surface area contributed by atoms with E-state index in [-0.39, 0.29) is 5.91 Å². The molecule has 0 aliphatic rings. The topological polar surface area (TPSA) is 72.7 Å². The number of carbonyl (C=O) groups excluding carboxylic acids is 1. The van der Waals surface area contributed by atoms with Crippen molar-refractivity contribution in [3.63, 3.8) is 0 Å². The van der Waals surface area contributed by atoms with Gasteiger partial charge in [0.2, 0.25) is 0 Å². The SMILES string of the molecule is Cc1cccc(C(=O)NCc2ccccc2Cn2cncn2)n1. The molecule has 0 bridgehead atoms. The van der Waals surface area contributed by atoms with Gasteiger partial charge in [0.25, 0.3) is 5.91 Å². The van der Waals surface area contributed by atoms with Crippen molar-refractivity contribution in [3.05, 3.63) is 77.6 Å². The molecule has 0 spiro atoms. The predicted octanol–water partition coefficient (Wildman–Crippen LogP) is 1.96. The van der Waals surface area contributed by atoms with E-state index in [4.69, 9.17) is 0 Å². The fourth-order valence-corrected chi connectivity index (χ4v) is 2.31. The summed E-state index contributed by atoms with van der Waals surface area (Å²) in [4.78, 5) is 20.4. The largest absolute Gasteiger partial charge is 0.347 e. The number of carbonyl (C=O) groups is 1. The van der Waals surface area contributed by atoms with E-state index in [1.54, 1.807) is 17.1 Å². The number of nitrogens with one attached hydrogen (secondary N) is 1. The van der Waals surface area contributed by atoms with Crippen molar-refractivity contribution in [2.24, 2.45) is 0 Å². The summed E-state index contributed by atoms with van der Waals surface area (Å²) in [6.45, 7) is 2.93. The van der Waals surface area contributed by atoms with Gasteiger partial charge in [0.05, 0.1) is 6.54 Å². The number of rotatable bonds is 5. The Kier molecular flexibility index (Phi) is 4.42. The van der Waals surface area contributed by atoms with Gasteiger partial charge in [-0.3, -0.25) is 4.79 Å². The minimum Gasteiger partial charge on any atom is -0.347 e. The van der Waals surface area contributed by atoms with Crippen molar-refractivity contribution in [3.8, 4) is 0 Å². The fraction of sp³-hybridized carbons (Fsp3) is 0.176. The summed E-state index contributed by atoms with van der Waals surface area (Å²) in [6.07, 6.45) is 3.18. The molecule has 0 aliphatic heterocycles. The molecule has 0 saturated carbocycles. The van der Waals surface area contributed by atoms with Gasteiger partial charge >= 0.3 is 0 Å². The first-order valence-corrected chi connectivity index (χ1v) is 7.33. The monoisotopic (exact) mass is 307 g/mol. The highest BCUT2D eigenvalue weighted by molar-refractivity contribution is 5.92. The molecule has 0 unspecified atom stereocenters. The molecule has 23 heavy (non-hydrogen) atoms. The molecule has 1 aromatic carbocycles. The van der Waals surface area contributed by atoms with Crippen molar-refractivity contribution in [2.75, 3.05) is 0 Å². The molecule has 0 fully saturated rings. The smallest absolute Gasteiger partial charge is 0.270 e. The first kappa shape index (κ1) is 14.9. The van der Waals surface area contributed by atoms with E-state index < -0.39 is 0 Å². The highest BCUT2D eigenvalue weighted by Crippen LogP contribution is 2.10. The van der Waals surface area contributed by atoms with Gasteiger partial charge in [-0.1, -0.05) is 30.3 Å². The molecule has 6 nitrogen and oxygen atoms in total. The van der Waals surface area contributed by atoms with E-state index in [1.807, 2.05) is 43.3 Å². The molecule has 0 atom stereocenters. The average Bonchev–Trinajstić information content (AvgIpc) is 3.07. The maximum atomic E-state index is 12.2. The van der Waals surface area contributed by atoms with E-state index in [0.29, 0.717) is 18.8 Å². The summed E-state index contributed by atoms with van der Waals surface area (Å²) in [7, 11) is 0. The van der Waals surface area contributed by atoms with E-state index in [0.717, 1.165) is 16.8 Å². The van der Waals surface area contributed by atoms with Crippen LogP contribution in [0.4, 0.5) is 0 Å². The van der Waals surface area contributed by atoms with Gasteiger partial charge in [-0.15, -0.1) is 0 Å². The Bertz CT molecular complexity index is 798. The van der Waals surface area contributed by atoms with Crippen LogP contribution in [0, 0.1) is 6.92 Å². The Hall–Kier alpha value is -3.02. The second-order valence-electron chi connectivity index (χ2n) is 5.21. The van der Waals surface area contributed by atoms with E-state index in [2.05, 4.69) is 20.4 Å². The standard InChI is InChI=1S/C17H17N5O/c1-13-5-4-8-16(21-13)17(23)19-9-14-6-2-3-7-15(14)10-22-12-18-11-20-22/h2-8,11-12H,9-10H2,1H3,(H,19,23). The van der Waals surface area contributed by atoms with Gasteiger partial charge in [0.1, 0.15) is 18.3 Å². The molecule has 0 saturated heterocycles. The van der Waals surface area contributed by atoms with Gasteiger partial charge in [0.15, 0.2) is 0 Å². The lowest BCUT2D eigenvalue weighted by atomic mass is 10.1. The summed E-state index contributed by atoms with van der Waals surface area (Å²) >= 11 is 0. The number of nitrogens with zero attached hydrogens (tertiary/aromatic N) is 4. The Morgan fingerprint density at radius 3 is 2.70 bits per heavy atom. The first-order valence-electron chi connectivity index (χ1n) is 7.33. The van der Waals surface area contributed by atoms with Crippen LogP contribution >= 0.6 is 0 Å². The molecular weight excluding hydrogens is 290 g/mol. The number of pyridine rings is 1. The Balaban J connectivity index is 1.69. The third-order valence-corrected chi connectivity index (χ3v) is 3.48. The quantitative estimate of drug-likeness (QED) is 0.782. The van der Waals surface area contributed by atoms with Crippen molar-refractivity contribution >= 4 is 5.91 Å². The van der Waals surface area contributed by atoms with Gasteiger partial charge in [-0.2, -0.15) is 5.10 Å². The van der Waals surface area contributed by atoms with E-state index in [9.17, 15) is 4.79 Å². The molecule has 1 N–H and O–H groups in total.